The molecule has 0 amide bonds. The largest absolute Gasteiger partial charge is 0.461 e. The molecule has 1 fully saturated rings. The molecule has 2 rings (SSSR count). The van der Waals surface area contributed by atoms with Crippen LogP contribution in [0.15, 0.2) is 36.9 Å². The summed E-state index contributed by atoms with van der Waals surface area (Å²) in [5.41, 5.74) is 0.288. The molecule has 0 atom stereocenters. The molecule has 2 nitrogen and oxygen atoms in total. The summed E-state index contributed by atoms with van der Waals surface area (Å²) in [5.74, 6) is -0.516. The van der Waals surface area contributed by atoms with Gasteiger partial charge < -0.3 is 4.74 Å². The lowest BCUT2D eigenvalue weighted by atomic mass is 9.64. The third-order valence-electron chi connectivity index (χ3n) is 3.33. The van der Waals surface area contributed by atoms with Gasteiger partial charge in [-0.15, -0.1) is 0 Å². The molecular formula is C14H15FO2. The van der Waals surface area contributed by atoms with Crippen molar-refractivity contribution in [2.45, 2.75) is 24.7 Å². The first-order valence-electron chi connectivity index (χ1n) is 5.73. The Morgan fingerprint density at radius 3 is 2.53 bits per heavy atom. The minimum Gasteiger partial charge on any atom is -0.461 e. The molecule has 3 heteroatoms. The maximum atomic E-state index is 12.9. The Balaban J connectivity index is 2.22. The Kier molecular flexibility index (Phi) is 3.27. The minimum atomic E-state index is -0.559. The van der Waals surface area contributed by atoms with Crippen LogP contribution < -0.4 is 0 Å². The molecular weight excluding hydrogens is 219 g/mol. The molecule has 1 saturated carbocycles. The fraction of sp³-hybridized carbons (Fsp3) is 0.357. The average molecular weight is 234 g/mol. The highest BCUT2D eigenvalue weighted by Crippen LogP contribution is 2.44. The first-order chi connectivity index (χ1) is 8.19. The maximum absolute atomic E-state index is 12.9. The number of carbonyl (C=O) groups excluding carboxylic acids is 1. The van der Waals surface area contributed by atoms with Gasteiger partial charge in [0.05, 0.1) is 5.41 Å². The fourth-order valence-corrected chi connectivity index (χ4v) is 2.18. The predicted octanol–water partition coefficient (Wildman–Crippen LogP) is 2.98. The van der Waals surface area contributed by atoms with Crippen molar-refractivity contribution in [3.8, 4) is 0 Å². The number of benzene rings is 1. The summed E-state index contributed by atoms with van der Waals surface area (Å²) in [5, 5.41) is 0. The highest BCUT2D eigenvalue weighted by atomic mass is 19.1. The molecule has 90 valence electrons. The third-order valence-corrected chi connectivity index (χ3v) is 3.33. The first-order valence-corrected chi connectivity index (χ1v) is 5.73. The number of esters is 1. The SMILES string of the molecule is C=CCOC(=O)C1(c2ccc(F)cc2)CCC1. The summed E-state index contributed by atoms with van der Waals surface area (Å²) in [4.78, 5) is 12.0. The number of hydrogen-bond acceptors (Lipinski definition) is 2. The molecule has 17 heavy (non-hydrogen) atoms. The van der Waals surface area contributed by atoms with E-state index in [0.29, 0.717) is 0 Å². The molecule has 0 radical (unpaired) electrons. The van der Waals surface area contributed by atoms with Gasteiger partial charge in [0.15, 0.2) is 0 Å². The molecule has 0 spiro atoms. The summed E-state index contributed by atoms with van der Waals surface area (Å²) in [6, 6.07) is 6.11. The van der Waals surface area contributed by atoms with Gasteiger partial charge in [0.2, 0.25) is 0 Å². The molecule has 1 aliphatic rings. The van der Waals surface area contributed by atoms with Crippen LogP contribution in [0.25, 0.3) is 0 Å². The van der Waals surface area contributed by atoms with Crippen LogP contribution in [0.5, 0.6) is 0 Å². The Labute approximate surface area is 100 Å². The summed E-state index contributed by atoms with van der Waals surface area (Å²) >= 11 is 0. The van der Waals surface area contributed by atoms with E-state index >= 15 is 0 Å². The van der Waals surface area contributed by atoms with Gasteiger partial charge in [0.25, 0.3) is 0 Å². The van der Waals surface area contributed by atoms with Crippen molar-refractivity contribution < 1.29 is 13.9 Å². The van der Waals surface area contributed by atoms with Gasteiger partial charge in [-0.25, -0.2) is 4.39 Å². The van der Waals surface area contributed by atoms with Crippen molar-refractivity contribution in [2.24, 2.45) is 0 Å². The van der Waals surface area contributed by atoms with Gasteiger partial charge in [-0.2, -0.15) is 0 Å². The van der Waals surface area contributed by atoms with Crippen LogP contribution in [0, 0.1) is 5.82 Å². The highest BCUT2D eigenvalue weighted by Gasteiger charge is 2.46. The summed E-state index contributed by atoms with van der Waals surface area (Å²) in [7, 11) is 0. The van der Waals surface area contributed by atoms with Gasteiger partial charge in [0, 0.05) is 0 Å². The van der Waals surface area contributed by atoms with Crippen molar-refractivity contribution in [3.05, 3.63) is 48.3 Å². The average Bonchev–Trinajstić information content (AvgIpc) is 2.27. The highest BCUT2D eigenvalue weighted by molar-refractivity contribution is 5.84. The Morgan fingerprint density at radius 1 is 1.41 bits per heavy atom. The molecule has 1 aliphatic carbocycles. The van der Waals surface area contributed by atoms with Gasteiger partial charge in [-0.05, 0) is 30.5 Å². The maximum Gasteiger partial charge on any atom is 0.316 e. The number of rotatable bonds is 4. The van der Waals surface area contributed by atoms with E-state index in [-0.39, 0.29) is 18.4 Å². The quantitative estimate of drug-likeness (QED) is 0.591. The molecule has 0 aliphatic heterocycles. The molecule has 0 saturated heterocycles. The van der Waals surface area contributed by atoms with E-state index in [4.69, 9.17) is 4.74 Å². The van der Waals surface area contributed by atoms with Gasteiger partial charge >= 0.3 is 5.97 Å². The monoisotopic (exact) mass is 234 g/mol. The van der Waals surface area contributed by atoms with Gasteiger partial charge in [-0.1, -0.05) is 31.2 Å². The number of halogens is 1. The van der Waals surface area contributed by atoms with Crippen LogP contribution in [0.1, 0.15) is 24.8 Å². The van der Waals surface area contributed by atoms with E-state index in [9.17, 15) is 9.18 Å². The lowest BCUT2D eigenvalue weighted by Gasteiger charge is -2.39. The molecule has 0 aromatic heterocycles. The smallest absolute Gasteiger partial charge is 0.316 e. The summed E-state index contributed by atoms with van der Waals surface area (Å²) < 4.78 is 18.0. The second-order valence-corrected chi connectivity index (χ2v) is 4.33. The van der Waals surface area contributed by atoms with E-state index in [1.54, 1.807) is 18.2 Å². The minimum absolute atomic E-state index is 0.224. The zero-order chi connectivity index (χ0) is 12.3. The topological polar surface area (TPSA) is 26.3 Å². The van der Waals surface area contributed by atoms with Crippen molar-refractivity contribution in [2.75, 3.05) is 6.61 Å². The van der Waals surface area contributed by atoms with Crippen LogP contribution in [0.4, 0.5) is 4.39 Å². The van der Waals surface area contributed by atoms with Crippen molar-refractivity contribution in [1.29, 1.82) is 0 Å². The summed E-state index contributed by atoms with van der Waals surface area (Å²) in [6.45, 7) is 3.74. The standard InChI is InChI=1S/C14H15FO2/c1-2-10-17-13(16)14(8-3-9-14)11-4-6-12(15)7-5-11/h2,4-7H,1,3,8-10H2. The third kappa shape index (κ3) is 2.09. The van der Waals surface area contributed by atoms with E-state index in [2.05, 4.69) is 6.58 Å². The van der Waals surface area contributed by atoms with Crippen LogP contribution in [0.3, 0.4) is 0 Å². The second-order valence-electron chi connectivity index (χ2n) is 4.33. The van der Waals surface area contributed by atoms with E-state index < -0.39 is 5.41 Å². The first kappa shape index (κ1) is 11.8. The number of ether oxygens (including phenoxy) is 1. The van der Waals surface area contributed by atoms with Crippen molar-refractivity contribution in [1.82, 2.24) is 0 Å². The van der Waals surface area contributed by atoms with E-state index in [1.807, 2.05) is 0 Å². The van der Waals surface area contributed by atoms with Crippen LogP contribution in [0.2, 0.25) is 0 Å². The Bertz CT molecular complexity index is 418. The Morgan fingerprint density at radius 2 is 2.06 bits per heavy atom. The zero-order valence-corrected chi connectivity index (χ0v) is 9.62. The van der Waals surface area contributed by atoms with Gasteiger partial charge in [-0.3, -0.25) is 4.79 Å². The van der Waals surface area contributed by atoms with E-state index in [0.717, 1.165) is 24.8 Å². The van der Waals surface area contributed by atoms with E-state index in [1.165, 1.54) is 12.1 Å². The zero-order valence-electron chi connectivity index (χ0n) is 9.62. The van der Waals surface area contributed by atoms with Crippen LogP contribution in [-0.2, 0) is 14.9 Å². The van der Waals surface area contributed by atoms with Gasteiger partial charge in [0.1, 0.15) is 12.4 Å². The predicted molar refractivity (Wildman–Crippen MR) is 63.1 cm³/mol. The normalized spacial score (nSPS) is 17.0. The van der Waals surface area contributed by atoms with Crippen molar-refractivity contribution in [3.63, 3.8) is 0 Å². The van der Waals surface area contributed by atoms with Crippen LogP contribution >= 0.6 is 0 Å². The Hall–Kier alpha value is -1.64. The molecule has 0 unspecified atom stereocenters. The second kappa shape index (κ2) is 4.70. The molecule has 0 bridgehead atoms. The lowest BCUT2D eigenvalue weighted by Crippen LogP contribution is -2.43. The lowest BCUT2D eigenvalue weighted by molar-refractivity contribution is -0.153. The molecule has 1 aromatic rings. The summed E-state index contributed by atoms with van der Waals surface area (Å²) in [6.07, 6.45) is 4.10. The molecule has 1 aromatic carbocycles. The fourth-order valence-electron chi connectivity index (χ4n) is 2.18. The molecule has 0 N–H and O–H groups in total. The number of carbonyl (C=O) groups is 1. The number of hydrogen-bond donors (Lipinski definition) is 0. The van der Waals surface area contributed by atoms with Crippen LogP contribution in [-0.4, -0.2) is 12.6 Å². The molecule has 0 heterocycles. The van der Waals surface area contributed by atoms with Crippen molar-refractivity contribution >= 4 is 5.97 Å².